The summed E-state index contributed by atoms with van der Waals surface area (Å²) < 4.78 is 7.73. The minimum absolute atomic E-state index is 0.0263. The molecule has 1 saturated heterocycles. The molecule has 1 aromatic carbocycles. The van der Waals surface area contributed by atoms with Gasteiger partial charge in [-0.25, -0.2) is 24.5 Å². The molecular formula is C27H23N9O3. The number of hydrogen-bond donors (Lipinski definition) is 1. The zero-order valence-corrected chi connectivity index (χ0v) is 21.0. The molecule has 0 saturated carbocycles. The second-order valence-corrected chi connectivity index (χ2v) is 8.90. The summed E-state index contributed by atoms with van der Waals surface area (Å²) in [7, 11) is 0. The number of rotatable bonds is 6. The summed E-state index contributed by atoms with van der Waals surface area (Å²) in [4.78, 5) is 45.3. The van der Waals surface area contributed by atoms with E-state index >= 15 is 0 Å². The number of ether oxygens (including phenoxy) is 1. The van der Waals surface area contributed by atoms with Crippen LogP contribution in [0, 0.1) is 6.92 Å². The summed E-state index contributed by atoms with van der Waals surface area (Å²) in [6.07, 6.45) is 5.95. The third kappa shape index (κ3) is 4.70. The molecule has 39 heavy (non-hydrogen) atoms. The van der Waals surface area contributed by atoms with Gasteiger partial charge in [0.2, 0.25) is 11.8 Å². The van der Waals surface area contributed by atoms with E-state index in [0.717, 1.165) is 11.3 Å². The number of carbonyl (C=O) groups excluding carboxylic acids is 2. The van der Waals surface area contributed by atoms with Crippen LogP contribution in [0.4, 0.5) is 17.3 Å². The number of aryl methyl sites for hydroxylation is 1. The molecule has 0 bridgehead atoms. The van der Waals surface area contributed by atoms with Crippen LogP contribution >= 0.6 is 0 Å². The molecule has 1 fully saturated rings. The number of piperazine rings is 1. The predicted molar refractivity (Wildman–Crippen MR) is 144 cm³/mol. The summed E-state index contributed by atoms with van der Waals surface area (Å²) in [6.45, 7) is 6.14. The molecule has 5 aromatic rings. The van der Waals surface area contributed by atoms with Gasteiger partial charge in [0.15, 0.2) is 11.5 Å². The highest BCUT2D eigenvalue weighted by Crippen LogP contribution is 2.30. The monoisotopic (exact) mass is 521 g/mol. The van der Waals surface area contributed by atoms with E-state index in [4.69, 9.17) is 9.72 Å². The Hall–Kier alpha value is -5.39. The van der Waals surface area contributed by atoms with Gasteiger partial charge in [0.1, 0.15) is 42.0 Å². The van der Waals surface area contributed by atoms with E-state index in [-0.39, 0.29) is 18.4 Å². The lowest BCUT2D eigenvalue weighted by Gasteiger charge is -2.33. The number of fused-ring (bicyclic) bond motifs is 2. The largest absolute Gasteiger partial charge is 0.457 e. The molecule has 6 rings (SSSR count). The van der Waals surface area contributed by atoms with Crippen molar-refractivity contribution >= 4 is 45.8 Å². The number of pyridine rings is 2. The highest BCUT2D eigenvalue weighted by Gasteiger charge is 2.28. The van der Waals surface area contributed by atoms with Crippen LogP contribution in [0.3, 0.4) is 0 Å². The molecule has 0 aliphatic carbocycles. The SMILES string of the molecule is C=CC(=O)N1CCN(c2ccc3ncnc(Nc4ccc(Oc5ccn6ncnc6c5)c(C)c4)c3n2)C(=O)C1. The Kier molecular flexibility index (Phi) is 6.04. The quantitative estimate of drug-likeness (QED) is 0.335. The molecule has 4 aromatic heterocycles. The van der Waals surface area contributed by atoms with Crippen LogP contribution in [0.25, 0.3) is 16.7 Å². The van der Waals surface area contributed by atoms with Crippen LogP contribution in [0.1, 0.15) is 5.56 Å². The van der Waals surface area contributed by atoms with Gasteiger partial charge in [0, 0.05) is 31.0 Å². The minimum atomic E-state index is -0.266. The Balaban J connectivity index is 1.23. The summed E-state index contributed by atoms with van der Waals surface area (Å²) in [5.41, 5.74) is 3.54. The van der Waals surface area contributed by atoms with E-state index in [0.29, 0.717) is 52.9 Å². The lowest BCUT2D eigenvalue weighted by atomic mass is 10.2. The third-order valence-corrected chi connectivity index (χ3v) is 6.37. The van der Waals surface area contributed by atoms with E-state index in [1.807, 2.05) is 37.3 Å². The van der Waals surface area contributed by atoms with E-state index in [2.05, 4.69) is 31.9 Å². The lowest BCUT2D eigenvalue weighted by Crippen LogP contribution is -2.52. The van der Waals surface area contributed by atoms with Crippen molar-refractivity contribution in [2.45, 2.75) is 6.92 Å². The molecule has 0 spiro atoms. The molecule has 1 aliphatic heterocycles. The fourth-order valence-corrected chi connectivity index (χ4v) is 4.37. The van der Waals surface area contributed by atoms with Crippen LogP contribution < -0.4 is 15.0 Å². The maximum atomic E-state index is 12.8. The maximum Gasteiger partial charge on any atom is 0.247 e. The minimum Gasteiger partial charge on any atom is -0.457 e. The van der Waals surface area contributed by atoms with Gasteiger partial charge < -0.3 is 15.0 Å². The molecule has 0 radical (unpaired) electrons. The number of anilines is 3. The van der Waals surface area contributed by atoms with Gasteiger partial charge >= 0.3 is 0 Å². The molecule has 1 N–H and O–H groups in total. The zero-order chi connectivity index (χ0) is 26.9. The first-order valence-electron chi connectivity index (χ1n) is 12.2. The number of nitrogens with one attached hydrogen (secondary N) is 1. The van der Waals surface area contributed by atoms with Crippen molar-refractivity contribution in [3.05, 3.63) is 79.5 Å². The van der Waals surface area contributed by atoms with Gasteiger partial charge in [0.05, 0.1) is 5.52 Å². The molecule has 0 unspecified atom stereocenters. The fraction of sp³-hybridized carbons (Fsp3) is 0.148. The Morgan fingerprint density at radius 1 is 1.08 bits per heavy atom. The van der Waals surface area contributed by atoms with E-state index in [1.165, 1.54) is 23.6 Å². The molecule has 0 atom stereocenters. The van der Waals surface area contributed by atoms with E-state index < -0.39 is 0 Å². The first-order valence-corrected chi connectivity index (χ1v) is 12.2. The Morgan fingerprint density at radius 2 is 1.97 bits per heavy atom. The first kappa shape index (κ1) is 24.0. The second kappa shape index (κ2) is 9.82. The fourth-order valence-electron chi connectivity index (χ4n) is 4.37. The molecular weight excluding hydrogens is 498 g/mol. The number of amides is 2. The van der Waals surface area contributed by atoms with Crippen molar-refractivity contribution in [2.75, 3.05) is 29.9 Å². The van der Waals surface area contributed by atoms with Crippen molar-refractivity contribution in [1.82, 2.24) is 34.4 Å². The maximum absolute atomic E-state index is 12.8. The number of hydrogen-bond acceptors (Lipinski definition) is 9. The van der Waals surface area contributed by atoms with Gasteiger partial charge in [-0.05, 0) is 55.0 Å². The Morgan fingerprint density at radius 3 is 2.79 bits per heavy atom. The average molecular weight is 522 g/mol. The number of benzene rings is 1. The molecule has 194 valence electrons. The van der Waals surface area contributed by atoms with Gasteiger partial charge in [-0.2, -0.15) is 5.10 Å². The topological polar surface area (TPSA) is 131 Å². The Labute approximate surface area is 222 Å². The van der Waals surface area contributed by atoms with Gasteiger partial charge in [0.25, 0.3) is 0 Å². The van der Waals surface area contributed by atoms with Crippen molar-refractivity contribution < 1.29 is 14.3 Å². The van der Waals surface area contributed by atoms with Crippen LogP contribution in [-0.4, -0.2) is 65.9 Å². The molecule has 2 amide bonds. The summed E-state index contributed by atoms with van der Waals surface area (Å²) >= 11 is 0. The third-order valence-electron chi connectivity index (χ3n) is 6.37. The number of carbonyl (C=O) groups is 2. The summed E-state index contributed by atoms with van der Waals surface area (Å²) in [6, 6.07) is 12.9. The summed E-state index contributed by atoms with van der Waals surface area (Å²) in [5.74, 6) is 1.84. The highest BCUT2D eigenvalue weighted by molar-refractivity contribution is 6.00. The van der Waals surface area contributed by atoms with Crippen LogP contribution in [0.5, 0.6) is 11.5 Å². The van der Waals surface area contributed by atoms with Crippen LogP contribution in [0.15, 0.2) is 74.0 Å². The highest BCUT2D eigenvalue weighted by atomic mass is 16.5. The van der Waals surface area contributed by atoms with E-state index in [1.54, 1.807) is 27.7 Å². The number of nitrogens with zero attached hydrogens (tertiary/aromatic N) is 8. The Bertz CT molecular complexity index is 1750. The van der Waals surface area contributed by atoms with Crippen LogP contribution in [0.2, 0.25) is 0 Å². The standard InChI is InChI=1S/C27H23N9O3/c1-3-24(37)34-10-11-35(25(38)14-34)22-7-5-20-26(33-22)27(30-15-28-20)32-18-4-6-21(17(2)12-18)39-19-8-9-36-23(13-19)29-16-31-36/h3-9,12-13,15-16H,1,10-11,14H2,2H3,(H,28,30,32). The second-order valence-electron chi connectivity index (χ2n) is 8.90. The van der Waals surface area contributed by atoms with Crippen molar-refractivity contribution in [3.8, 4) is 11.5 Å². The average Bonchev–Trinajstić information content (AvgIpc) is 3.42. The molecule has 5 heterocycles. The van der Waals surface area contributed by atoms with Crippen LogP contribution in [-0.2, 0) is 9.59 Å². The van der Waals surface area contributed by atoms with E-state index in [9.17, 15) is 9.59 Å². The first-order chi connectivity index (χ1) is 19.0. The summed E-state index contributed by atoms with van der Waals surface area (Å²) in [5, 5.41) is 7.41. The van der Waals surface area contributed by atoms with Gasteiger partial charge in [-0.3, -0.25) is 14.5 Å². The number of aromatic nitrogens is 6. The zero-order valence-electron chi connectivity index (χ0n) is 21.0. The lowest BCUT2D eigenvalue weighted by molar-refractivity contribution is -0.133. The van der Waals surface area contributed by atoms with Crippen molar-refractivity contribution in [3.63, 3.8) is 0 Å². The van der Waals surface area contributed by atoms with Crippen molar-refractivity contribution in [2.24, 2.45) is 0 Å². The normalized spacial score (nSPS) is 13.6. The smallest absolute Gasteiger partial charge is 0.247 e. The van der Waals surface area contributed by atoms with Crippen molar-refractivity contribution in [1.29, 1.82) is 0 Å². The van der Waals surface area contributed by atoms with Gasteiger partial charge in [-0.15, -0.1) is 0 Å². The molecule has 12 nitrogen and oxygen atoms in total. The molecule has 12 heteroatoms. The predicted octanol–water partition coefficient (Wildman–Crippen LogP) is 3.27. The molecule has 1 aliphatic rings. The van der Waals surface area contributed by atoms with Gasteiger partial charge in [-0.1, -0.05) is 6.58 Å².